The van der Waals surface area contributed by atoms with Crippen molar-refractivity contribution in [2.75, 3.05) is 13.7 Å². The fourth-order valence-electron chi connectivity index (χ4n) is 1.21. The molecule has 0 spiro atoms. The summed E-state index contributed by atoms with van der Waals surface area (Å²) in [7, 11) is 1.34. The molecular weight excluding hydrogens is 211 g/mol. The van der Waals surface area contributed by atoms with E-state index in [0.29, 0.717) is 0 Å². The van der Waals surface area contributed by atoms with Gasteiger partial charge < -0.3 is 14.9 Å². The molecule has 5 heteroatoms. The van der Waals surface area contributed by atoms with Gasteiger partial charge in [-0.3, -0.25) is 0 Å². The SMILES string of the molecule is COc1c(O)cc(F)c(Cl)c1CCO. The first-order valence-corrected chi connectivity index (χ1v) is 4.34. The molecule has 0 aliphatic rings. The standard InChI is InChI=1S/C9H10ClFO3/c1-14-9-5(2-3-12)8(10)6(11)4-7(9)13/h4,12-13H,2-3H2,1H3. The van der Waals surface area contributed by atoms with Crippen LogP contribution in [0.25, 0.3) is 0 Å². The Balaban J connectivity index is 3.32. The maximum Gasteiger partial charge on any atom is 0.165 e. The topological polar surface area (TPSA) is 49.7 Å². The number of rotatable bonds is 3. The van der Waals surface area contributed by atoms with E-state index in [1.165, 1.54) is 7.11 Å². The third kappa shape index (κ3) is 1.91. The van der Waals surface area contributed by atoms with Gasteiger partial charge in [0.1, 0.15) is 5.82 Å². The van der Waals surface area contributed by atoms with E-state index >= 15 is 0 Å². The average Bonchev–Trinajstić information content (AvgIpc) is 2.14. The highest BCUT2D eigenvalue weighted by molar-refractivity contribution is 6.31. The smallest absolute Gasteiger partial charge is 0.165 e. The number of ether oxygens (including phenoxy) is 1. The summed E-state index contributed by atoms with van der Waals surface area (Å²) >= 11 is 5.65. The molecule has 14 heavy (non-hydrogen) atoms. The second kappa shape index (κ2) is 4.48. The first-order valence-electron chi connectivity index (χ1n) is 3.96. The number of aromatic hydroxyl groups is 1. The van der Waals surface area contributed by atoms with Gasteiger partial charge in [-0.05, 0) is 0 Å². The second-order valence-corrected chi connectivity index (χ2v) is 3.05. The van der Waals surface area contributed by atoms with Crippen molar-refractivity contribution in [3.8, 4) is 11.5 Å². The lowest BCUT2D eigenvalue weighted by molar-refractivity contribution is 0.295. The molecule has 0 heterocycles. The van der Waals surface area contributed by atoms with Crippen LogP contribution in [-0.2, 0) is 6.42 Å². The van der Waals surface area contributed by atoms with Gasteiger partial charge in [0.25, 0.3) is 0 Å². The fraction of sp³-hybridized carbons (Fsp3) is 0.333. The van der Waals surface area contributed by atoms with E-state index in [-0.39, 0.29) is 35.1 Å². The van der Waals surface area contributed by atoms with Gasteiger partial charge in [0.15, 0.2) is 11.5 Å². The van der Waals surface area contributed by atoms with E-state index in [0.717, 1.165) is 6.07 Å². The molecule has 0 aromatic heterocycles. The number of aliphatic hydroxyl groups excluding tert-OH is 1. The van der Waals surface area contributed by atoms with Gasteiger partial charge in [0, 0.05) is 24.7 Å². The van der Waals surface area contributed by atoms with Crippen molar-refractivity contribution in [3.63, 3.8) is 0 Å². The van der Waals surface area contributed by atoms with Crippen molar-refractivity contribution in [1.29, 1.82) is 0 Å². The summed E-state index contributed by atoms with van der Waals surface area (Å²) in [6.07, 6.45) is 0.132. The first kappa shape index (κ1) is 11.1. The van der Waals surface area contributed by atoms with Crippen molar-refractivity contribution in [3.05, 3.63) is 22.5 Å². The van der Waals surface area contributed by atoms with Crippen molar-refractivity contribution >= 4 is 11.6 Å². The summed E-state index contributed by atoms with van der Waals surface area (Å²) < 4.78 is 17.9. The number of halogens is 2. The number of hydrogen-bond donors (Lipinski definition) is 2. The van der Waals surface area contributed by atoms with Crippen molar-refractivity contribution in [1.82, 2.24) is 0 Å². The Kier molecular flexibility index (Phi) is 3.55. The first-order chi connectivity index (χ1) is 6.61. The molecule has 1 aromatic rings. The van der Waals surface area contributed by atoms with Crippen LogP contribution in [0.5, 0.6) is 11.5 Å². The molecule has 0 saturated heterocycles. The van der Waals surface area contributed by atoms with E-state index in [4.69, 9.17) is 21.4 Å². The van der Waals surface area contributed by atoms with Crippen LogP contribution in [0.3, 0.4) is 0 Å². The van der Waals surface area contributed by atoms with Gasteiger partial charge in [-0.25, -0.2) is 4.39 Å². The highest BCUT2D eigenvalue weighted by Gasteiger charge is 2.16. The van der Waals surface area contributed by atoms with Gasteiger partial charge in [-0.1, -0.05) is 11.6 Å². The molecule has 2 N–H and O–H groups in total. The summed E-state index contributed by atoms with van der Waals surface area (Å²) in [6.45, 7) is -0.195. The molecule has 0 unspecified atom stereocenters. The summed E-state index contributed by atoms with van der Waals surface area (Å²) in [5.74, 6) is -0.947. The Labute approximate surface area is 85.7 Å². The Morgan fingerprint density at radius 2 is 2.21 bits per heavy atom. The second-order valence-electron chi connectivity index (χ2n) is 2.68. The Bertz CT molecular complexity index is 341. The Hall–Kier alpha value is -1.00. The zero-order chi connectivity index (χ0) is 10.7. The van der Waals surface area contributed by atoms with E-state index in [1.807, 2.05) is 0 Å². The van der Waals surface area contributed by atoms with Crippen molar-refractivity contribution in [2.24, 2.45) is 0 Å². The van der Waals surface area contributed by atoms with Gasteiger partial charge >= 0.3 is 0 Å². The molecule has 0 aliphatic carbocycles. The lowest BCUT2D eigenvalue weighted by Gasteiger charge is -2.11. The third-order valence-electron chi connectivity index (χ3n) is 1.81. The molecule has 3 nitrogen and oxygen atoms in total. The zero-order valence-corrected chi connectivity index (χ0v) is 8.31. The quantitative estimate of drug-likeness (QED) is 0.816. The van der Waals surface area contributed by atoms with Crippen LogP contribution in [0, 0.1) is 5.82 Å². The van der Waals surface area contributed by atoms with E-state index in [1.54, 1.807) is 0 Å². The minimum Gasteiger partial charge on any atom is -0.504 e. The molecule has 1 aromatic carbocycles. The van der Waals surface area contributed by atoms with Crippen LogP contribution < -0.4 is 4.74 Å². The lowest BCUT2D eigenvalue weighted by Crippen LogP contribution is -1.99. The van der Waals surface area contributed by atoms with Crippen LogP contribution >= 0.6 is 11.6 Å². The fourth-order valence-corrected chi connectivity index (χ4v) is 1.45. The number of hydrogen-bond acceptors (Lipinski definition) is 3. The minimum atomic E-state index is -0.728. The molecule has 0 bridgehead atoms. The molecule has 0 fully saturated rings. The van der Waals surface area contributed by atoms with E-state index in [9.17, 15) is 9.50 Å². The molecular formula is C9H10ClFO3. The Morgan fingerprint density at radius 1 is 1.57 bits per heavy atom. The highest BCUT2D eigenvalue weighted by atomic mass is 35.5. The lowest BCUT2D eigenvalue weighted by atomic mass is 10.1. The number of phenolic OH excluding ortho intramolecular Hbond substituents is 1. The average molecular weight is 221 g/mol. The van der Waals surface area contributed by atoms with Gasteiger partial charge in [0.2, 0.25) is 0 Å². The third-order valence-corrected chi connectivity index (χ3v) is 2.22. The molecule has 0 amide bonds. The normalized spacial score (nSPS) is 10.3. The molecule has 0 saturated carbocycles. The highest BCUT2D eigenvalue weighted by Crippen LogP contribution is 2.37. The van der Waals surface area contributed by atoms with Crippen LogP contribution in [0.15, 0.2) is 6.07 Å². The van der Waals surface area contributed by atoms with Gasteiger partial charge in [-0.2, -0.15) is 0 Å². The predicted molar refractivity (Wildman–Crippen MR) is 50.4 cm³/mol. The predicted octanol–water partition coefficient (Wildman–Crippen LogP) is 1.73. The molecule has 78 valence electrons. The van der Waals surface area contributed by atoms with E-state index in [2.05, 4.69) is 0 Å². The summed E-state index contributed by atoms with van der Waals surface area (Å²) in [5.41, 5.74) is 0.272. The maximum absolute atomic E-state index is 13.1. The van der Waals surface area contributed by atoms with Gasteiger partial charge in [0.05, 0.1) is 12.1 Å². The summed E-state index contributed by atoms with van der Waals surface area (Å²) in [6, 6.07) is 0.877. The van der Waals surface area contributed by atoms with Crippen molar-refractivity contribution in [2.45, 2.75) is 6.42 Å². The molecule has 0 atom stereocenters. The maximum atomic E-state index is 13.1. The molecule has 0 aliphatic heterocycles. The van der Waals surface area contributed by atoms with E-state index < -0.39 is 5.82 Å². The number of benzene rings is 1. The largest absolute Gasteiger partial charge is 0.504 e. The minimum absolute atomic E-state index is 0.102. The number of phenols is 1. The number of aliphatic hydroxyl groups is 1. The molecule has 1 rings (SSSR count). The monoisotopic (exact) mass is 220 g/mol. The summed E-state index contributed by atoms with van der Waals surface area (Å²) in [4.78, 5) is 0. The summed E-state index contributed by atoms with van der Waals surface area (Å²) in [5, 5.41) is 17.9. The Morgan fingerprint density at radius 3 is 2.71 bits per heavy atom. The zero-order valence-electron chi connectivity index (χ0n) is 7.55. The van der Waals surface area contributed by atoms with Crippen molar-refractivity contribution < 1.29 is 19.3 Å². The van der Waals surface area contributed by atoms with Gasteiger partial charge in [-0.15, -0.1) is 0 Å². The van der Waals surface area contributed by atoms with Crippen LogP contribution in [0.1, 0.15) is 5.56 Å². The van der Waals surface area contributed by atoms with Crippen LogP contribution in [0.4, 0.5) is 4.39 Å². The van der Waals surface area contributed by atoms with Crippen LogP contribution in [0.2, 0.25) is 5.02 Å². The number of methoxy groups -OCH3 is 1. The van der Waals surface area contributed by atoms with Crippen LogP contribution in [-0.4, -0.2) is 23.9 Å². The molecule has 0 radical (unpaired) electrons.